The summed E-state index contributed by atoms with van der Waals surface area (Å²) in [6, 6.07) is 5.27. The van der Waals surface area contributed by atoms with Gasteiger partial charge in [0.05, 0.1) is 0 Å². The minimum Gasteiger partial charge on any atom is -0.330 e. The van der Waals surface area contributed by atoms with E-state index in [1.165, 1.54) is 11.8 Å². The van der Waals surface area contributed by atoms with E-state index in [1.54, 1.807) is 12.1 Å². The van der Waals surface area contributed by atoms with Gasteiger partial charge >= 0.3 is 0 Å². The Morgan fingerprint density at radius 3 is 2.75 bits per heavy atom. The van der Waals surface area contributed by atoms with Crippen molar-refractivity contribution in [3.8, 4) is 0 Å². The molecule has 0 aliphatic heterocycles. The lowest BCUT2D eigenvalue weighted by molar-refractivity contribution is 0.599. The standard InChI is InChI=1S/C9H12FNS/c1-12-9-3-2-7(4-5-11)6-8(9)10/h2-3,6H,4-5,11H2,1H3. The predicted molar refractivity (Wildman–Crippen MR) is 50.9 cm³/mol. The van der Waals surface area contributed by atoms with Gasteiger partial charge in [-0.1, -0.05) is 6.07 Å². The van der Waals surface area contributed by atoms with Crippen LogP contribution in [0.5, 0.6) is 0 Å². The van der Waals surface area contributed by atoms with Crippen molar-refractivity contribution < 1.29 is 4.39 Å². The van der Waals surface area contributed by atoms with Crippen LogP contribution in [0, 0.1) is 5.82 Å². The van der Waals surface area contributed by atoms with E-state index in [9.17, 15) is 4.39 Å². The summed E-state index contributed by atoms with van der Waals surface area (Å²) in [6.07, 6.45) is 2.60. The molecule has 0 bridgehead atoms. The van der Waals surface area contributed by atoms with Gasteiger partial charge in [0.1, 0.15) is 5.82 Å². The van der Waals surface area contributed by atoms with Crippen molar-refractivity contribution >= 4 is 11.8 Å². The first-order chi connectivity index (χ1) is 5.77. The summed E-state index contributed by atoms with van der Waals surface area (Å²) in [5.41, 5.74) is 6.32. The van der Waals surface area contributed by atoms with E-state index in [0.717, 1.165) is 12.0 Å². The number of hydrogen-bond acceptors (Lipinski definition) is 2. The molecule has 0 spiro atoms. The summed E-state index contributed by atoms with van der Waals surface area (Å²) in [6.45, 7) is 0.568. The molecule has 0 saturated carbocycles. The highest BCUT2D eigenvalue weighted by Crippen LogP contribution is 2.19. The van der Waals surface area contributed by atoms with Crippen molar-refractivity contribution in [1.82, 2.24) is 0 Å². The number of nitrogens with two attached hydrogens (primary N) is 1. The van der Waals surface area contributed by atoms with E-state index >= 15 is 0 Å². The molecule has 1 nitrogen and oxygen atoms in total. The van der Waals surface area contributed by atoms with Crippen LogP contribution in [0.3, 0.4) is 0 Å². The molecule has 0 unspecified atom stereocenters. The fourth-order valence-corrected chi connectivity index (χ4v) is 1.49. The Bertz CT molecular complexity index is 263. The quantitative estimate of drug-likeness (QED) is 0.729. The van der Waals surface area contributed by atoms with E-state index < -0.39 is 0 Å². The van der Waals surface area contributed by atoms with E-state index in [0.29, 0.717) is 11.4 Å². The molecule has 66 valence electrons. The Morgan fingerprint density at radius 2 is 2.25 bits per heavy atom. The summed E-state index contributed by atoms with van der Waals surface area (Å²) in [4.78, 5) is 0.691. The number of thioether (sulfide) groups is 1. The second-order valence-electron chi connectivity index (χ2n) is 2.51. The summed E-state index contributed by atoms with van der Waals surface area (Å²) < 4.78 is 13.1. The van der Waals surface area contributed by atoms with E-state index in [2.05, 4.69) is 0 Å². The van der Waals surface area contributed by atoms with Crippen LogP contribution in [0.2, 0.25) is 0 Å². The van der Waals surface area contributed by atoms with Crippen molar-refractivity contribution in [2.75, 3.05) is 12.8 Å². The van der Waals surface area contributed by atoms with Crippen LogP contribution in [0.1, 0.15) is 5.56 Å². The van der Waals surface area contributed by atoms with Crippen molar-refractivity contribution in [1.29, 1.82) is 0 Å². The largest absolute Gasteiger partial charge is 0.330 e. The zero-order valence-electron chi connectivity index (χ0n) is 7.01. The number of hydrogen-bond donors (Lipinski definition) is 1. The molecule has 1 aromatic rings. The molecular weight excluding hydrogens is 173 g/mol. The average Bonchev–Trinajstić information content (AvgIpc) is 2.05. The predicted octanol–water partition coefficient (Wildman–Crippen LogP) is 2.05. The van der Waals surface area contributed by atoms with Crippen LogP contribution in [-0.2, 0) is 6.42 Å². The van der Waals surface area contributed by atoms with Crippen molar-refractivity contribution in [3.63, 3.8) is 0 Å². The summed E-state index contributed by atoms with van der Waals surface area (Å²) >= 11 is 1.42. The molecule has 1 aromatic carbocycles. The maximum absolute atomic E-state index is 13.1. The highest BCUT2D eigenvalue weighted by atomic mass is 32.2. The summed E-state index contributed by atoms with van der Waals surface area (Å²) in [5, 5.41) is 0. The van der Waals surface area contributed by atoms with E-state index in [4.69, 9.17) is 5.73 Å². The SMILES string of the molecule is CSc1ccc(CCN)cc1F. The summed E-state index contributed by atoms with van der Waals surface area (Å²) in [7, 11) is 0. The zero-order chi connectivity index (χ0) is 8.97. The number of rotatable bonds is 3. The lowest BCUT2D eigenvalue weighted by Crippen LogP contribution is -2.02. The molecule has 12 heavy (non-hydrogen) atoms. The van der Waals surface area contributed by atoms with Crippen LogP contribution < -0.4 is 5.73 Å². The lowest BCUT2D eigenvalue weighted by atomic mass is 10.1. The minimum absolute atomic E-state index is 0.145. The fraction of sp³-hybridized carbons (Fsp3) is 0.333. The topological polar surface area (TPSA) is 26.0 Å². The molecule has 0 saturated heterocycles. The van der Waals surface area contributed by atoms with Gasteiger partial charge in [-0.3, -0.25) is 0 Å². The Morgan fingerprint density at radius 1 is 1.50 bits per heavy atom. The second kappa shape index (κ2) is 4.48. The van der Waals surface area contributed by atoms with Gasteiger partial charge in [-0.25, -0.2) is 4.39 Å². The monoisotopic (exact) mass is 185 g/mol. The molecule has 2 N–H and O–H groups in total. The Balaban J connectivity index is 2.86. The molecule has 0 atom stereocenters. The number of benzene rings is 1. The first kappa shape index (κ1) is 9.55. The molecule has 3 heteroatoms. The van der Waals surface area contributed by atoms with Crippen LogP contribution in [0.25, 0.3) is 0 Å². The average molecular weight is 185 g/mol. The second-order valence-corrected chi connectivity index (χ2v) is 3.36. The van der Waals surface area contributed by atoms with Gasteiger partial charge in [-0.15, -0.1) is 11.8 Å². The van der Waals surface area contributed by atoms with Crippen molar-refractivity contribution in [3.05, 3.63) is 29.6 Å². The van der Waals surface area contributed by atoms with Gasteiger partial charge in [0.2, 0.25) is 0 Å². The zero-order valence-corrected chi connectivity index (χ0v) is 7.83. The van der Waals surface area contributed by atoms with Crippen LogP contribution in [-0.4, -0.2) is 12.8 Å². The molecular formula is C9H12FNS. The maximum atomic E-state index is 13.1. The molecule has 0 aliphatic rings. The third-order valence-corrected chi connectivity index (χ3v) is 2.42. The van der Waals surface area contributed by atoms with Gasteiger partial charge in [0, 0.05) is 4.90 Å². The Labute approximate surface area is 76.2 Å². The maximum Gasteiger partial charge on any atom is 0.137 e. The lowest BCUT2D eigenvalue weighted by Gasteiger charge is -2.02. The fourth-order valence-electron chi connectivity index (χ4n) is 1.03. The van der Waals surface area contributed by atoms with E-state index in [-0.39, 0.29) is 5.82 Å². The molecule has 0 amide bonds. The minimum atomic E-state index is -0.145. The molecule has 0 radical (unpaired) electrons. The molecule has 0 aromatic heterocycles. The van der Waals surface area contributed by atoms with Gasteiger partial charge in [0.25, 0.3) is 0 Å². The first-order valence-corrected chi connectivity index (χ1v) is 5.03. The molecule has 0 aliphatic carbocycles. The third kappa shape index (κ3) is 2.22. The third-order valence-electron chi connectivity index (χ3n) is 1.65. The van der Waals surface area contributed by atoms with Gasteiger partial charge in [0.15, 0.2) is 0 Å². The van der Waals surface area contributed by atoms with Crippen LogP contribution in [0.4, 0.5) is 4.39 Å². The van der Waals surface area contributed by atoms with Gasteiger partial charge < -0.3 is 5.73 Å². The first-order valence-electron chi connectivity index (χ1n) is 3.80. The summed E-state index contributed by atoms with van der Waals surface area (Å²) in [5.74, 6) is -0.145. The van der Waals surface area contributed by atoms with Crippen LogP contribution in [0.15, 0.2) is 23.1 Å². The molecule has 0 heterocycles. The van der Waals surface area contributed by atoms with Gasteiger partial charge in [-0.2, -0.15) is 0 Å². The highest BCUT2D eigenvalue weighted by molar-refractivity contribution is 7.98. The smallest absolute Gasteiger partial charge is 0.137 e. The van der Waals surface area contributed by atoms with Crippen LogP contribution >= 0.6 is 11.8 Å². The molecule has 1 rings (SSSR count). The van der Waals surface area contributed by atoms with Crippen molar-refractivity contribution in [2.45, 2.75) is 11.3 Å². The highest BCUT2D eigenvalue weighted by Gasteiger charge is 2.00. The van der Waals surface area contributed by atoms with Gasteiger partial charge in [-0.05, 0) is 36.9 Å². The Kier molecular flexibility index (Phi) is 3.56. The Hall–Kier alpha value is -0.540. The normalized spacial score (nSPS) is 10.2. The number of halogens is 1. The van der Waals surface area contributed by atoms with Crippen molar-refractivity contribution in [2.24, 2.45) is 5.73 Å². The van der Waals surface area contributed by atoms with E-state index in [1.807, 2.05) is 12.3 Å². The molecule has 0 fully saturated rings.